The Kier molecular flexibility index (Phi) is 4.97. The number of aliphatic carboxylic acids is 1. The summed E-state index contributed by atoms with van der Waals surface area (Å²) in [7, 11) is 1.64. The van der Waals surface area contributed by atoms with E-state index in [-0.39, 0.29) is 18.4 Å². The zero-order valence-electron chi connectivity index (χ0n) is 16.5. The van der Waals surface area contributed by atoms with Gasteiger partial charge in [-0.1, -0.05) is 48.5 Å². The van der Waals surface area contributed by atoms with Crippen LogP contribution in [0.15, 0.2) is 60.7 Å². The predicted molar refractivity (Wildman–Crippen MR) is 111 cm³/mol. The number of carboxylic acid groups (broad SMARTS) is 1. The van der Waals surface area contributed by atoms with E-state index in [0.717, 1.165) is 33.2 Å². The molecular formula is C24H23NO4. The van der Waals surface area contributed by atoms with E-state index in [9.17, 15) is 14.7 Å². The number of ether oxygens (including phenoxy) is 1. The van der Waals surface area contributed by atoms with Crippen molar-refractivity contribution in [3.63, 3.8) is 0 Å². The number of carboxylic acids is 1. The van der Waals surface area contributed by atoms with Gasteiger partial charge >= 0.3 is 5.97 Å². The number of methoxy groups -OCH3 is 1. The summed E-state index contributed by atoms with van der Waals surface area (Å²) in [6.07, 6.45) is 0. The number of fused-ring (bicyclic) bond motifs is 2. The maximum absolute atomic E-state index is 13.2. The molecule has 0 saturated heterocycles. The third-order valence-electron chi connectivity index (χ3n) is 5.75. The standard InChI is InChI=1S/C24H23NO4/c1-15(16-7-8-18-12-20(29-2)10-9-17(18)11-16)23(26)25-13-19-5-3-4-6-21(19)22(14-25)24(27)28/h3-12,15,22H,13-14H2,1-2H3,(H,27,28)/t15-,22?/m0/s1. The Morgan fingerprint density at radius 1 is 1.07 bits per heavy atom. The van der Waals surface area contributed by atoms with Gasteiger partial charge in [-0.2, -0.15) is 0 Å². The van der Waals surface area contributed by atoms with Crippen molar-refractivity contribution in [1.29, 1.82) is 0 Å². The third kappa shape index (κ3) is 3.56. The van der Waals surface area contributed by atoms with Crippen LogP contribution in [0.3, 0.4) is 0 Å². The van der Waals surface area contributed by atoms with Crippen LogP contribution in [-0.4, -0.2) is 35.5 Å². The molecule has 0 bridgehead atoms. The van der Waals surface area contributed by atoms with E-state index in [0.29, 0.717) is 6.54 Å². The van der Waals surface area contributed by atoms with Gasteiger partial charge in [0.15, 0.2) is 0 Å². The molecular weight excluding hydrogens is 366 g/mol. The van der Waals surface area contributed by atoms with E-state index >= 15 is 0 Å². The van der Waals surface area contributed by atoms with Crippen molar-refractivity contribution < 1.29 is 19.4 Å². The Labute approximate surface area is 169 Å². The number of amides is 1. The molecule has 1 aliphatic rings. The second-order valence-electron chi connectivity index (χ2n) is 7.50. The summed E-state index contributed by atoms with van der Waals surface area (Å²) in [4.78, 5) is 26.7. The summed E-state index contributed by atoms with van der Waals surface area (Å²) in [5.74, 6) is -1.22. The van der Waals surface area contributed by atoms with Gasteiger partial charge in [-0.05, 0) is 46.5 Å². The average Bonchev–Trinajstić information content (AvgIpc) is 2.76. The predicted octanol–water partition coefficient (Wildman–Crippen LogP) is 4.16. The molecule has 5 nitrogen and oxygen atoms in total. The number of carbonyl (C=O) groups excluding carboxylic acids is 1. The van der Waals surface area contributed by atoms with Gasteiger partial charge in [-0.25, -0.2) is 0 Å². The first kappa shape index (κ1) is 19.0. The second kappa shape index (κ2) is 7.59. The fourth-order valence-electron chi connectivity index (χ4n) is 4.04. The summed E-state index contributed by atoms with van der Waals surface area (Å²) in [5, 5.41) is 11.7. The van der Waals surface area contributed by atoms with Crippen LogP contribution in [0.1, 0.15) is 35.4 Å². The van der Waals surface area contributed by atoms with Crippen LogP contribution in [-0.2, 0) is 16.1 Å². The molecule has 5 heteroatoms. The van der Waals surface area contributed by atoms with Crippen LogP contribution in [0.4, 0.5) is 0 Å². The largest absolute Gasteiger partial charge is 0.497 e. The summed E-state index contributed by atoms with van der Waals surface area (Å²) in [6, 6.07) is 19.3. The lowest BCUT2D eigenvalue weighted by Gasteiger charge is -2.34. The van der Waals surface area contributed by atoms with E-state index in [4.69, 9.17) is 4.74 Å². The van der Waals surface area contributed by atoms with Gasteiger partial charge in [0.1, 0.15) is 5.75 Å². The molecule has 148 valence electrons. The van der Waals surface area contributed by atoms with Crippen LogP contribution < -0.4 is 4.74 Å². The Morgan fingerprint density at radius 2 is 1.79 bits per heavy atom. The van der Waals surface area contributed by atoms with E-state index in [2.05, 4.69) is 0 Å². The molecule has 0 aliphatic carbocycles. The van der Waals surface area contributed by atoms with Crippen LogP contribution >= 0.6 is 0 Å². The topological polar surface area (TPSA) is 66.8 Å². The van der Waals surface area contributed by atoms with Gasteiger partial charge < -0.3 is 14.7 Å². The summed E-state index contributed by atoms with van der Waals surface area (Å²) in [6.45, 7) is 2.51. The van der Waals surface area contributed by atoms with Gasteiger partial charge in [0.2, 0.25) is 5.91 Å². The average molecular weight is 389 g/mol. The Balaban J connectivity index is 1.61. The Morgan fingerprint density at radius 3 is 2.55 bits per heavy atom. The third-order valence-corrected chi connectivity index (χ3v) is 5.75. The number of benzene rings is 3. The normalized spacial score (nSPS) is 16.9. The van der Waals surface area contributed by atoms with E-state index < -0.39 is 11.9 Å². The first-order valence-electron chi connectivity index (χ1n) is 9.65. The van der Waals surface area contributed by atoms with Gasteiger partial charge in [0.05, 0.1) is 18.9 Å². The quantitative estimate of drug-likeness (QED) is 0.728. The highest BCUT2D eigenvalue weighted by Gasteiger charge is 2.34. The molecule has 4 rings (SSSR count). The van der Waals surface area contributed by atoms with Gasteiger partial charge in [0.25, 0.3) is 0 Å². The lowest BCUT2D eigenvalue weighted by atomic mass is 9.88. The molecule has 3 aromatic rings. The van der Waals surface area contributed by atoms with E-state index in [1.165, 1.54) is 0 Å². The smallest absolute Gasteiger partial charge is 0.312 e. The molecule has 0 saturated carbocycles. The monoisotopic (exact) mass is 389 g/mol. The summed E-state index contributed by atoms with van der Waals surface area (Å²) >= 11 is 0. The Bertz CT molecular complexity index is 1090. The zero-order chi connectivity index (χ0) is 20.5. The molecule has 0 fully saturated rings. The molecule has 1 unspecified atom stereocenters. The van der Waals surface area contributed by atoms with Crippen LogP contribution in [0, 0.1) is 0 Å². The van der Waals surface area contributed by atoms with Crippen molar-refractivity contribution in [2.24, 2.45) is 0 Å². The molecule has 1 N–H and O–H groups in total. The SMILES string of the molecule is COc1ccc2cc([C@H](C)C(=O)N3Cc4ccccc4C(C(=O)O)C3)ccc2c1. The fraction of sp³-hybridized carbons (Fsp3) is 0.250. The van der Waals surface area contributed by atoms with Crippen molar-refractivity contribution >= 4 is 22.6 Å². The number of hydrogen-bond acceptors (Lipinski definition) is 3. The van der Waals surface area contributed by atoms with Crippen LogP contribution in [0.5, 0.6) is 5.75 Å². The van der Waals surface area contributed by atoms with Gasteiger partial charge in [0, 0.05) is 13.1 Å². The molecule has 2 atom stereocenters. The molecule has 1 heterocycles. The number of carbonyl (C=O) groups is 2. The van der Waals surface area contributed by atoms with Crippen molar-refractivity contribution in [1.82, 2.24) is 4.90 Å². The molecule has 3 aromatic carbocycles. The van der Waals surface area contributed by atoms with E-state index in [1.54, 1.807) is 12.0 Å². The van der Waals surface area contributed by atoms with Gasteiger partial charge in [-0.15, -0.1) is 0 Å². The lowest BCUT2D eigenvalue weighted by Crippen LogP contribution is -2.42. The molecule has 0 radical (unpaired) electrons. The minimum absolute atomic E-state index is 0.0568. The number of nitrogens with zero attached hydrogens (tertiary/aromatic N) is 1. The molecule has 1 aliphatic heterocycles. The maximum atomic E-state index is 13.2. The molecule has 29 heavy (non-hydrogen) atoms. The Hall–Kier alpha value is -3.34. The minimum Gasteiger partial charge on any atom is -0.497 e. The van der Waals surface area contributed by atoms with Crippen molar-refractivity contribution in [2.45, 2.75) is 25.3 Å². The first-order chi connectivity index (χ1) is 14.0. The van der Waals surface area contributed by atoms with Crippen molar-refractivity contribution in [3.8, 4) is 5.75 Å². The molecule has 1 amide bonds. The second-order valence-corrected chi connectivity index (χ2v) is 7.50. The maximum Gasteiger partial charge on any atom is 0.312 e. The van der Waals surface area contributed by atoms with Crippen LogP contribution in [0.25, 0.3) is 10.8 Å². The number of rotatable bonds is 4. The zero-order valence-corrected chi connectivity index (χ0v) is 16.5. The van der Waals surface area contributed by atoms with Gasteiger partial charge in [-0.3, -0.25) is 9.59 Å². The van der Waals surface area contributed by atoms with Crippen molar-refractivity contribution in [3.05, 3.63) is 77.4 Å². The number of hydrogen-bond donors (Lipinski definition) is 1. The summed E-state index contributed by atoms with van der Waals surface area (Å²) < 4.78 is 5.27. The molecule has 0 spiro atoms. The van der Waals surface area contributed by atoms with Crippen LogP contribution in [0.2, 0.25) is 0 Å². The first-order valence-corrected chi connectivity index (χ1v) is 9.65. The minimum atomic E-state index is -0.901. The highest BCUT2D eigenvalue weighted by Crippen LogP contribution is 2.32. The summed E-state index contributed by atoms with van der Waals surface area (Å²) in [5.41, 5.74) is 2.62. The van der Waals surface area contributed by atoms with E-state index in [1.807, 2.05) is 67.6 Å². The van der Waals surface area contributed by atoms with Crippen molar-refractivity contribution in [2.75, 3.05) is 13.7 Å². The lowest BCUT2D eigenvalue weighted by molar-refractivity contribution is -0.141. The highest BCUT2D eigenvalue weighted by molar-refractivity contribution is 5.89. The highest BCUT2D eigenvalue weighted by atomic mass is 16.5. The fourth-order valence-corrected chi connectivity index (χ4v) is 4.04. The molecule has 0 aromatic heterocycles.